The number of aliphatic imine (C=N–C) groups is 1. The summed E-state index contributed by atoms with van der Waals surface area (Å²) in [6.45, 7) is 5.52. The van der Waals surface area contributed by atoms with Gasteiger partial charge in [0.05, 0.1) is 26.4 Å². The lowest BCUT2D eigenvalue weighted by atomic mass is 10.1. The number of rotatable bonds is 8. The van der Waals surface area contributed by atoms with Crippen LogP contribution in [0.4, 0.5) is 0 Å². The number of hydrogen-bond donors (Lipinski definition) is 0. The van der Waals surface area contributed by atoms with Crippen LogP contribution in [0.2, 0.25) is 0 Å². The van der Waals surface area contributed by atoms with Crippen molar-refractivity contribution in [3.8, 4) is 0 Å². The van der Waals surface area contributed by atoms with Gasteiger partial charge in [-0.15, -0.1) is 0 Å². The molecule has 1 aliphatic rings. The molecule has 0 aliphatic carbocycles. The number of phosphoric acid groups is 1. The van der Waals surface area contributed by atoms with Crippen LogP contribution in [0.25, 0.3) is 0 Å². The largest absolute Gasteiger partial charge is 0.476 e. The molecule has 0 bridgehead atoms. The average Bonchev–Trinajstić information content (AvgIpc) is 3.01. The Labute approximate surface area is 124 Å². The standard InChI is InChI=1S/C14H20NO5P/c1-3-18-21(16,19-4-2)20-11-12-5-7-13(8-6-12)14-15-9-10-17-14/h5-8H,3-4,9-11H2,1-2H3. The summed E-state index contributed by atoms with van der Waals surface area (Å²) in [5.41, 5.74) is 1.80. The topological polar surface area (TPSA) is 66.4 Å². The van der Waals surface area contributed by atoms with E-state index in [4.69, 9.17) is 18.3 Å². The molecule has 0 aromatic heterocycles. The molecule has 0 unspecified atom stereocenters. The molecule has 0 atom stereocenters. The third-order valence-electron chi connectivity index (χ3n) is 2.75. The van der Waals surface area contributed by atoms with Gasteiger partial charge in [-0.25, -0.2) is 9.56 Å². The van der Waals surface area contributed by atoms with Gasteiger partial charge in [-0.3, -0.25) is 13.6 Å². The zero-order valence-electron chi connectivity index (χ0n) is 12.3. The molecular formula is C14H20NO5P. The molecular weight excluding hydrogens is 293 g/mol. The number of ether oxygens (including phenoxy) is 1. The highest BCUT2D eigenvalue weighted by Crippen LogP contribution is 2.49. The first-order chi connectivity index (χ1) is 10.2. The van der Waals surface area contributed by atoms with Crippen LogP contribution in [0.1, 0.15) is 25.0 Å². The lowest BCUT2D eigenvalue weighted by Crippen LogP contribution is -2.02. The van der Waals surface area contributed by atoms with Crippen molar-refractivity contribution >= 4 is 13.7 Å². The summed E-state index contributed by atoms with van der Waals surface area (Å²) in [5.74, 6) is 0.664. The molecule has 116 valence electrons. The average molecular weight is 313 g/mol. The molecule has 1 aromatic rings. The highest BCUT2D eigenvalue weighted by atomic mass is 31.2. The Balaban J connectivity index is 1.95. The molecule has 21 heavy (non-hydrogen) atoms. The first-order valence-electron chi connectivity index (χ1n) is 6.97. The van der Waals surface area contributed by atoms with Crippen molar-refractivity contribution in [2.45, 2.75) is 20.5 Å². The minimum absolute atomic E-state index is 0.158. The fourth-order valence-corrected chi connectivity index (χ4v) is 3.00. The van der Waals surface area contributed by atoms with Crippen molar-refractivity contribution in [2.24, 2.45) is 4.99 Å². The second-order valence-corrected chi connectivity index (χ2v) is 5.96. The van der Waals surface area contributed by atoms with Gasteiger partial charge in [0.15, 0.2) is 0 Å². The summed E-state index contributed by atoms with van der Waals surface area (Å²) in [5, 5.41) is 0. The fourth-order valence-electron chi connectivity index (χ4n) is 1.83. The second kappa shape index (κ2) is 7.71. The maximum Gasteiger partial charge on any atom is 0.475 e. The van der Waals surface area contributed by atoms with E-state index >= 15 is 0 Å². The first-order valence-corrected chi connectivity index (χ1v) is 8.43. The molecule has 0 amide bonds. The van der Waals surface area contributed by atoms with Gasteiger partial charge in [-0.2, -0.15) is 0 Å². The predicted molar refractivity (Wildman–Crippen MR) is 79.4 cm³/mol. The summed E-state index contributed by atoms with van der Waals surface area (Å²) in [6.07, 6.45) is 0. The van der Waals surface area contributed by atoms with Crippen LogP contribution in [-0.4, -0.2) is 32.3 Å². The van der Waals surface area contributed by atoms with E-state index in [-0.39, 0.29) is 19.8 Å². The van der Waals surface area contributed by atoms with Crippen LogP contribution in [0.3, 0.4) is 0 Å². The zero-order chi connectivity index (χ0) is 15.1. The highest BCUT2D eigenvalue weighted by molar-refractivity contribution is 7.48. The predicted octanol–water partition coefficient (Wildman–Crippen LogP) is 3.16. The molecule has 0 fully saturated rings. The van der Waals surface area contributed by atoms with Crippen molar-refractivity contribution in [1.82, 2.24) is 0 Å². The van der Waals surface area contributed by atoms with Gasteiger partial charge in [-0.05, 0) is 31.5 Å². The van der Waals surface area contributed by atoms with Gasteiger partial charge in [0.2, 0.25) is 5.90 Å². The molecule has 0 radical (unpaired) electrons. The second-order valence-electron chi connectivity index (χ2n) is 4.29. The van der Waals surface area contributed by atoms with E-state index in [1.54, 1.807) is 13.8 Å². The number of benzene rings is 1. The minimum atomic E-state index is -3.47. The Morgan fingerprint density at radius 2 is 1.81 bits per heavy atom. The van der Waals surface area contributed by atoms with E-state index in [1.165, 1.54) is 0 Å². The van der Waals surface area contributed by atoms with E-state index in [9.17, 15) is 4.57 Å². The van der Waals surface area contributed by atoms with Crippen LogP contribution in [0.5, 0.6) is 0 Å². The molecule has 0 N–H and O–H groups in total. The molecule has 0 saturated carbocycles. The third-order valence-corrected chi connectivity index (χ3v) is 4.34. The lowest BCUT2D eigenvalue weighted by Gasteiger charge is -2.16. The monoisotopic (exact) mass is 313 g/mol. The Bertz CT molecular complexity index is 519. The number of hydrogen-bond acceptors (Lipinski definition) is 6. The molecule has 7 heteroatoms. The van der Waals surface area contributed by atoms with Crippen LogP contribution in [-0.2, 0) is 29.5 Å². The smallest absolute Gasteiger partial charge is 0.475 e. The van der Waals surface area contributed by atoms with Crippen molar-refractivity contribution in [1.29, 1.82) is 0 Å². The van der Waals surface area contributed by atoms with E-state index in [0.717, 1.165) is 11.1 Å². The van der Waals surface area contributed by atoms with Gasteiger partial charge in [0.1, 0.15) is 6.61 Å². The van der Waals surface area contributed by atoms with Gasteiger partial charge >= 0.3 is 7.82 Å². The lowest BCUT2D eigenvalue weighted by molar-refractivity contribution is 0.116. The number of nitrogens with zero attached hydrogens (tertiary/aromatic N) is 1. The van der Waals surface area contributed by atoms with Gasteiger partial charge in [-0.1, -0.05) is 12.1 Å². The summed E-state index contributed by atoms with van der Waals surface area (Å²) in [7, 11) is -3.47. The maximum absolute atomic E-state index is 12.2. The van der Waals surface area contributed by atoms with E-state index in [1.807, 2.05) is 24.3 Å². The summed E-state index contributed by atoms with van der Waals surface area (Å²) >= 11 is 0. The Morgan fingerprint density at radius 3 is 2.33 bits per heavy atom. The molecule has 1 heterocycles. The molecule has 0 spiro atoms. The Morgan fingerprint density at radius 1 is 1.14 bits per heavy atom. The van der Waals surface area contributed by atoms with Crippen LogP contribution < -0.4 is 0 Å². The SMILES string of the molecule is CCOP(=O)(OCC)OCc1ccc(C2=NCCO2)cc1. The van der Waals surface area contributed by atoms with Crippen molar-refractivity contribution in [3.63, 3.8) is 0 Å². The normalized spacial score (nSPS) is 14.9. The fraction of sp³-hybridized carbons (Fsp3) is 0.500. The molecule has 0 saturated heterocycles. The third kappa shape index (κ3) is 4.64. The van der Waals surface area contributed by atoms with Crippen molar-refractivity contribution in [2.75, 3.05) is 26.4 Å². The van der Waals surface area contributed by atoms with E-state index < -0.39 is 7.82 Å². The van der Waals surface area contributed by atoms with Crippen molar-refractivity contribution in [3.05, 3.63) is 35.4 Å². The van der Waals surface area contributed by atoms with Crippen molar-refractivity contribution < 1.29 is 22.9 Å². The Kier molecular flexibility index (Phi) is 5.94. The zero-order valence-corrected chi connectivity index (χ0v) is 13.2. The first kappa shape index (κ1) is 16.2. The number of phosphoric ester groups is 1. The molecule has 6 nitrogen and oxygen atoms in total. The van der Waals surface area contributed by atoms with Crippen LogP contribution >= 0.6 is 7.82 Å². The van der Waals surface area contributed by atoms with Crippen LogP contribution in [0.15, 0.2) is 29.3 Å². The van der Waals surface area contributed by atoms with E-state index in [0.29, 0.717) is 19.0 Å². The Hall–Kier alpha value is -1.20. The summed E-state index contributed by atoms with van der Waals surface area (Å²) in [6, 6.07) is 7.55. The van der Waals surface area contributed by atoms with E-state index in [2.05, 4.69) is 4.99 Å². The molecule has 1 aliphatic heterocycles. The highest BCUT2D eigenvalue weighted by Gasteiger charge is 2.25. The van der Waals surface area contributed by atoms with Crippen LogP contribution in [0, 0.1) is 0 Å². The molecule has 1 aromatic carbocycles. The minimum Gasteiger partial charge on any atom is -0.476 e. The molecule has 2 rings (SSSR count). The van der Waals surface area contributed by atoms with Gasteiger partial charge < -0.3 is 4.74 Å². The van der Waals surface area contributed by atoms with Gasteiger partial charge in [0, 0.05) is 5.56 Å². The summed E-state index contributed by atoms with van der Waals surface area (Å²) in [4.78, 5) is 4.25. The quantitative estimate of drug-likeness (QED) is 0.690. The van der Waals surface area contributed by atoms with Gasteiger partial charge in [0.25, 0.3) is 0 Å². The maximum atomic E-state index is 12.2. The summed E-state index contributed by atoms with van der Waals surface area (Å²) < 4.78 is 33.0.